The molecule has 0 bridgehead atoms. The number of carbonyl (C=O) groups excluding carboxylic acids is 1. The third-order valence-electron chi connectivity index (χ3n) is 4.78. The van der Waals surface area contributed by atoms with Gasteiger partial charge in [0.1, 0.15) is 5.70 Å². The highest BCUT2D eigenvalue weighted by atomic mass is 32.2. The third-order valence-corrected chi connectivity index (χ3v) is 5.35. The van der Waals surface area contributed by atoms with Crippen molar-refractivity contribution < 1.29 is 4.79 Å². The van der Waals surface area contributed by atoms with E-state index in [1.54, 1.807) is 5.01 Å². The zero-order chi connectivity index (χ0) is 19.2. The van der Waals surface area contributed by atoms with Crippen molar-refractivity contribution in [1.29, 1.82) is 0 Å². The number of para-hydroxylation sites is 1. The lowest BCUT2D eigenvalue weighted by molar-refractivity contribution is -0.116. The molecule has 0 aromatic heterocycles. The monoisotopic (exact) mass is 378 g/mol. The maximum Gasteiger partial charge on any atom is 0.276 e. The van der Waals surface area contributed by atoms with Gasteiger partial charge in [-0.3, -0.25) is 15.1 Å². The second-order valence-corrected chi connectivity index (χ2v) is 8.44. The van der Waals surface area contributed by atoms with Crippen molar-refractivity contribution in [3.8, 4) is 0 Å². The van der Waals surface area contributed by atoms with Crippen LogP contribution in [0, 0.1) is 0 Å². The largest absolute Gasteiger partial charge is 0.298 e. The Morgan fingerprint density at radius 1 is 1.07 bits per heavy atom. The fourth-order valence-corrected chi connectivity index (χ4v) is 3.66. The van der Waals surface area contributed by atoms with Crippen LogP contribution in [0.2, 0.25) is 0 Å². The van der Waals surface area contributed by atoms with Crippen molar-refractivity contribution in [3.63, 3.8) is 0 Å². The lowest BCUT2D eigenvalue weighted by Gasteiger charge is -2.34. The number of amidine groups is 1. The Labute approximate surface area is 162 Å². The number of fused-ring (bicyclic) bond motifs is 2. The summed E-state index contributed by atoms with van der Waals surface area (Å²) in [5, 5.41) is 11.5. The summed E-state index contributed by atoms with van der Waals surface area (Å²) in [6.45, 7) is 6.58. The smallest absolute Gasteiger partial charge is 0.276 e. The Kier molecular flexibility index (Phi) is 4.30. The average molecular weight is 379 g/mol. The van der Waals surface area contributed by atoms with Crippen molar-refractivity contribution in [3.05, 3.63) is 70.2 Å². The minimum absolute atomic E-state index is 0.0846. The predicted octanol–water partition coefficient (Wildman–Crippen LogP) is 2.49. The van der Waals surface area contributed by atoms with Crippen LogP contribution in [0.1, 0.15) is 38.1 Å². The van der Waals surface area contributed by atoms with Crippen LogP contribution in [0.4, 0.5) is 0 Å². The van der Waals surface area contributed by atoms with Gasteiger partial charge in [0.25, 0.3) is 5.91 Å². The van der Waals surface area contributed by atoms with E-state index in [0.29, 0.717) is 10.9 Å². The lowest BCUT2D eigenvalue weighted by Crippen LogP contribution is -2.50. The first-order chi connectivity index (χ1) is 12.9. The van der Waals surface area contributed by atoms with Gasteiger partial charge >= 0.3 is 0 Å². The minimum atomic E-state index is -0.364. The maximum absolute atomic E-state index is 12.8. The van der Waals surface area contributed by atoms with E-state index in [0.717, 1.165) is 16.1 Å². The van der Waals surface area contributed by atoms with Gasteiger partial charge < -0.3 is 0 Å². The molecule has 2 heterocycles. The van der Waals surface area contributed by atoms with E-state index in [2.05, 4.69) is 55.5 Å². The molecule has 2 aromatic rings. The molecule has 1 atom stereocenters. The number of rotatable bonds is 1. The second kappa shape index (κ2) is 6.53. The van der Waals surface area contributed by atoms with Gasteiger partial charge in [0.05, 0.1) is 5.36 Å². The molecule has 0 spiro atoms. The molecule has 4 rings (SSSR count). The van der Waals surface area contributed by atoms with E-state index in [9.17, 15) is 4.79 Å². The first kappa shape index (κ1) is 17.8. The van der Waals surface area contributed by atoms with Gasteiger partial charge in [0, 0.05) is 5.22 Å². The highest BCUT2D eigenvalue weighted by Crippen LogP contribution is 2.32. The fraction of sp³-hybridized carbons (Fsp3) is 0.286. The second-order valence-electron chi connectivity index (χ2n) is 7.65. The zero-order valence-electron chi connectivity index (χ0n) is 15.9. The number of nitrogens with zero attached hydrogens (tertiary/aromatic N) is 3. The summed E-state index contributed by atoms with van der Waals surface area (Å²) in [6.07, 6.45) is 1.53. The quantitative estimate of drug-likeness (QED) is 0.829. The van der Waals surface area contributed by atoms with Crippen molar-refractivity contribution in [2.45, 2.75) is 32.4 Å². The summed E-state index contributed by atoms with van der Waals surface area (Å²) >= 11 is 1.41. The molecule has 0 radical (unpaired) electrons. The van der Waals surface area contributed by atoms with Crippen LogP contribution in [-0.4, -0.2) is 22.3 Å². The summed E-state index contributed by atoms with van der Waals surface area (Å²) in [5.74, 6) is -0.145. The molecule has 27 heavy (non-hydrogen) atoms. The van der Waals surface area contributed by atoms with Crippen molar-refractivity contribution >= 4 is 28.5 Å². The Bertz CT molecular complexity index is 1050. The first-order valence-electron chi connectivity index (χ1n) is 8.89. The number of amides is 1. The number of carbonyl (C=O) groups is 1. The van der Waals surface area contributed by atoms with Crippen LogP contribution in [0.5, 0.6) is 0 Å². The molecule has 1 N–H and O–H groups in total. The van der Waals surface area contributed by atoms with Crippen LogP contribution >= 0.6 is 11.8 Å². The van der Waals surface area contributed by atoms with E-state index >= 15 is 0 Å². The van der Waals surface area contributed by atoms with Gasteiger partial charge in [-0.25, -0.2) is 5.01 Å². The molecule has 0 saturated carbocycles. The number of benzene rings is 2. The van der Waals surface area contributed by atoms with E-state index in [1.807, 2.05) is 30.5 Å². The molecule has 0 aliphatic carbocycles. The summed E-state index contributed by atoms with van der Waals surface area (Å²) in [4.78, 5) is 17.7. The first-order valence-corrected chi connectivity index (χ1v) is 10.1. The van der Waals surface area contributed by atoms with E-state index in [4.69, 9.17) is 4.99 Å². The number of hydrogen-bond donors (Lipinski definition) is 1. The molecular formula is C21H22N4OS. The molecule has 138 valence electrons. The molecule has 0 saturated heterocycles. The van der Waals surface area contributed by atoms with E-state index in [1.165, 1.54) is 17.3 Å². The van der Waals surface area contributed by atoms with Crippen molar-refractivity contribution in [2.75, 3.05) is 6.26 Å². The Morgan fingerprint density at radius 3 is 2.44 bits per heavy atom. The van der Waals surface area contributed by atoms with Crippen molar-refractivity contribution in [2.24, 2.45) is 10.1 Å². The van der Waals surface area contributed by atoms with Crippen LogP contribution in [0.3, 0.4) is 0 Å². The highest BCUT2D eigenvalue weighted by molar-refractivity contribution is 8.13. The third kappa shape index (κ3) is 3.14. The standard InChI is InChI=1S/C21H22N4OS/c1-21(2,3)14-11-9-13(10-12-14)18-22-16-8-6-5-7-15(16)17-19(26)23-20(27-4)24-25(17)18/h5-12,18H,1-4H3,(H,23,24,26)/t18-/m0/s1. The summed E-state index contributed by atoms with van der Waals surface area (Å²) < 4.78 is 0. The van der Waals surface area contributed by atoms with Gasteiger partial charge in [0.15, 0.2) is 11.3 Å². The van der Waals surface area contributed by atoms with Crippen LogP contribution in [-0.2, 0) is 10.2 Å². The van der Waals surface area contributed by atoms with Crippen LogP contribution < -0.4 is 15.9 Å². The van der Waals surface area contributed by atoms with E-state index in [-0.39, 0.29) is 17.5 Å². The molecule has 1 amide bonds. The van der Waals surface area contributed by atoms with Crippen LogP contribution in [0.15, 0.2) is 58.6 Å². The normalized spacial score (nSPS) is 18.9. The Hall–Kier alpha value is -2.60. The summed E-state index contributed by atoms with van der Waals surface area (Å²) in [5.41, 5.74) is 2.90. The molecule has 0 unspecified atom stereocenters. The minimum Gasteiger partial charge on any atom is -0.298 e. The molecule has 2 aliphatic rings. The molecule has 5 nitrogen and oxygen atoms in total. The molecule has 6 heteroatoms. The highest BCUT2D eigenvalue weighted by Gasteiger charge is 2.34. The molecule has 2 aromatic carbocycles. The number of hydrazone groups is 1. The molecule has 2 aliphatic heterocycles. The van der Waals surface area contributed by atoms with Gasteiger partial charge in [-0.2, -0.15) is 0 Å². The Morgan fingerprint density at radius 2 is 1.78 bits per heavy atom. The Balaban J connectivity index is 1.89. The van der Waals surface area contributed by atoms with Gasteiger partial charge in [-0.15, -0.1) is 5.10 Å². The SMILES string of the molecule is CSC1=NN2C(=c3ccccc3=N[C@@H]2c2ccc(C(C)(C)C)cc2)C(=O)N1. The number of nitrogens with one attached hydrogen (secondary N) is 1. The van der Waals surface area contributed by atoms with Gasteiger partial charge in [0.2, 0.25) is 0 Å². The van der Waals surface area contributed by atoms with Gasteiger partial charge in [-0.1, -0.05) is 75.0 Å². The maximum atomic E-state index is 12.8. The van der Waals surface area contributed by atoms with Crippen molar-refractivity contribution in [1.82, 2.24) is 10.3 Å². The number of thioether (sulfide) groups is 1. The topological polar surface area (TPSA) is 57.1 Å². The van der Waals surface area contributed by atoms with Crippen LogP contribution in [0.25, 0.3) is 5.70 Å². The van der Waals surface area contributed by atoms with E-state index < -0.39 is 0 Å². The van der Waals surface area contributed by atoms with Gasteiger partial charge in [-0.05, 0) is 28.9 Å². The summed E-state index contributed by atoms with van der Waals surface area (Å²) in [6, 6.07) is 16.1. The lowest BCUT2D eigenvalue weighted by atomic mass is 9.86. The zero-order valence-corrected chi connectivity index (χ0v) is 16.7. The molecular weight excluding hydrogens is 356 g/mol. The molecule has 0 fully saturated rings. The average Bonchev–Trinajstić information content (AvgIpc) is 2.66. The number of hydrogen-bond acceptors (Lipinski definition) is 5. The predicted molar refractivity (Wildman–Crippen MR) is 109 cm³/mol. The fourth-order valence-electron chi connectivity index (χ4n) is 3.29. The summed E-state index contributed by atoms with van der Waals surface area (Å²) in [7, 11) is 0.